The van der Waals surface area contributed by atoms with Gasteiger partial charge in [-0.25, -0.2) is 13.2 Å². The molecule has 0 spiro atoms. The highest BCUT2D eigenvalue weighted by atomic mass is 127. The van der Waals surface area contributed by atoms with Crippen molar-refractivity contribution in [3.05, 3.63) is 51.7 Å². The highest BCUT2D eigenvalue weighted by Crippen LogP contribution is 2.31. The van der Waals surface area contributed by atoms with Crippen molar-refractivity contribution >= 4 is 89.8 Å². The summed E-state index contributed by atoms with van der Waals surface area (Å²) in [5.41, 5.74) is 1.14. The van der Waals surface area contributed by atoms with Crippen LogP contribution in [0.4, 0.5) is 0 Å². The lowest BCUT2D eigenvalue weighted by Crippen LogP contribution is -2.14. The van der Waals surface area contributed by atoms with E-state index in [-0.39, 0.29) is 36.0 Å². The summed E-state index contributed by atoms with van der Waals surface area (Å²) < 4.78 is 47.9. The predicted molar refractivity (Wildman–Crippen MR) is 143 cm³/mol. The van der Waals surface area contributed by atoms with Crippen molar-refractivity contribution in [2.24, 2.45) is 0 Å². The molecule has 0 amide bonds. The maximum atomic E-state index is 12.3. The summed E-state index contributed by atoms with van der Waals surface area (Å²) in [6.45, 7) is 5.10. The fraction of sp³-hybridized carbons (Fsp3) is 0.333. The molecule has 0 unspecified atom stereocenters. The predicted octanol–water partition coefficient (Wildman–Crippen LogP) is 5.38. The van der Waals surface area contributed by atoms with Gasteiger partial charge in [-0.15, -0.1) is 0 Å². The van der Waals surface area contributed by atoms with Crippen LogP contribution in [-0.4, -0.2) is 31.5 Å². The van der Waals surface area contributed by atoms with Crippen LogP contribution in [0, 0.1) is 17.6 Å². The highest BCUT2D eigenvalue weighted by Gasteiger charge is 2.18. The Balaban J connectivity index is 1.98. The van der Waals surface area contributed by atoms with E-state index in [2.05, 4.69) is 67.8 Å². The van der Waals surface area contributed by atoms with Crippen molar-refractivity contribution in [2.45, 2.75) is 44.4 Å². The zero-order valence-corrected chi connectivity index (χ0v) is 24.7. The number of esters is 2. The molecule has 11 heteroatoms. The Morgan fingerprint density at radius 3 is 2.34 bits per heavy atom. The van der Waals surface area contributed by atoms with Crippen LogP contribution < -0.4 is 4.74 Å². The lowest BCUT2D eigenvalue weighted by molar-refractivity contribution is -0.134. The molecule has 0 saturated carbocycles. The molecule has 0 saturated heterocycles. The Labute approximate surface area is 228 Å². The summed E-state index contributed by atoms with van der Waals surface area (Å²) in [5, 5.41) is 0. The molecule has 0 radical (unpaired) electrons. The van der Waals surface area contributed by atoms with E-state index < -0.39 is 22.1 Å². The standard InChI is InChI=1S/C21H21I3O7S/c1-11(2)14-10-17(12(3)7-18(14)32(27,28)29)31-19(25)5-4-6-30-21(26)15-8-13(22)9-16(23)20(15)24/h7-11H,4-6H2,1-3H3,(H,27,28,29)/p-1. The Morgan fingerprint density at radius 2 is 1.75 bits per heavy atom. The quantitative estimate of drug-likeness (QED) is 0.0882. The van der Waals surface area contributed by atoms with Gasteiger partial charge in [-0.3, -0.25) is 4.79 Å². The molecule has 0 aliphatic rings. The van der Waals surface area contributed by atoms with E-state index in [9.17, 15) is 22.6 Å². The first-order valence-electron chi connectivity index (χ1n) is 9.44. The second-order valence-corrected chi connectivity index (χ2v) is 12.1. The van der Waals surface area contributed by atoms with Crippen LogP contribution in [0.15, 0.2) is 29.2 Å². The van der Waals surface area contributed by atoms with Gasteiger partial charge in [-0.05, 0) is 122 Å². The van der Waals surface area contributed by atoms with Gasteiger partial charge in [0.05, 0.1) is 17.1 Å². The highest BCUT2D eigenvalue weighted by molar-refractivity contribution is 14.1. The molecule has 2 aromatic rings. The van der Waals surface area contributed by atoms with Crippen molar-refractivity contribution in [3.63, 3.8) is 0 Å². The van der Waals surface area contributed by atoms with Crippen LogP contribution in [0.2, 0.25) is 0 Å². The van der Waals surface area contributed by atoms with Gasteiger partial charge in [0.25, 0.3) is 0 Å². The van der Waals surface area contributed by atoms with Crippen LogP contribution >= 0.6 is 67.8 Å². The van der Waals surface area contributed by atoms with E-state index >= 15 is 0 Å². The molecule has 0 aliphatic heterocycles. The van der Waals surface area contributed by atoms with E-state index in [1.54, 1.807) is 26.8 Å². The van der Waals surface area contributed by atoms with Gasteiger partial charge in [-0.2, -0.15) is 0 Å². The zero-order chi connectivity index (χ0) is 24.2. The fourth-order valence-corrected chi connectivity index (χ4v) is 6.07. The second kappa shape index (κ2) is 11.8. The molecule has 0 N–H and O–H groups in total. The summed E-state index contributed by atoms with van der Waals surface area (Å²) in [4.78, 5) is 24.3. The molecule has 174 valence electrons. The molecule has 0 fully saturated rings. The van der Waals surface area contributed by atoms with Crippen LogP contribution in [-0.2, 0) is 19.6 Å². The van der Waals surface area contributed by atoms with Crippen LogP contribution in [0.25, 0.3) is 0 Å². The average Bonchev–Trinajstić information content (AvgIpc) is 2.68. The Kier molecular flexibility index (Phi) is 10.2. The fourth-order valence-electron chi connectivity index (χ4n) is 2.79. The van der Waals surface area contributed by atoms with Gasteiger partial charge in [0.1, 0.15) is 15.9 Å². The lowest BCUT2D eigenvalue weighted by atomic mass is 10.0. The minimum atomic E-state index is -4.64. The summed E-state index contributed by atoms with van der Waals surface area (Å²) in [6.07, 6.45) is 0.275. The Bertz CT molecular complexity index is 1140. The SMILES string of the molecule is Cc1cc(S(=O)(=O)[O-])c(C(C)C)cc1OC(=O)CCCOC(=O)c1cc(I)cc(I)c1I. The summed E-state index contributed by atoms with van der Waals surface area (Å²) in [6, 6.07) is 6.36. The third kappa shape index (κ3) is 7.50. The molecular formula is C21H20I3O7S-. The van der Waals surface area contributed by atoms with Crippen molar-refractivity contribution < 1.29 is 32.0 Å². The van der Waals surface area contributed by atoms with Crippen molar-refractivity contribution in [3.8, 4) is 5.75 Å². The number of hydrogen-bond acceptors (Lipinski definition) is 7. The third-order valence-corrected chi connectivity index (χ3v) is 8.95. The van der Waals surface area contributed by atoms with Crippen LogP contribution in [0.5, 0.6) is 5.75 Å². The lowest BCUT2D eigenvalue weighted by Gasteiger charge is -2.18. The molecule has 0 aliphatic carbocycles. The first-order valence-corrected chi connectivity index (χ1v) is 14.1. The minimum Gasteiger partial charge on any atom is -0.744 e. The largest absolute Gasteiger partial charge is 0.744 e. The normalized spacial score (nSPS) is 11.5. The molecule has 2 rings (SSSR count). The molecular weight excluding hydrogens is 777 g/mol. The minimum absolute atomic E-state index is 0.00624. The van der Waals surface area contributed by atoms with Gasteiger partial charge in [0, 0.05) is 17.1 Å². The number of rotatable bonds is 8. The zero-order valence-electron chi connectivity index (χ0n) is 17.4. The molecule has 0 bridgehead atoms. The topological polar surface area (TPSA) is 110 Å². The maximum Gasteiger partial charge on any atom is 0.339 e. The summed E-state index contributed by atoms with van der Waals surface area (Å²) in [7, 11) is -4.64. The van der Waals surface area contributed by atoms with E-state index in [4.69, 9.17) is 9.47 Å². The Morgan fingerprint density at radius 1 is 1.09 bits per heavy atom. The van der Waals surface area contributed by atoms with Crippen LogP contribution in [0.3, 0.4) is 0 Å². The Hall–Kier alpha value is -0.520. The smallest absolute Gasteiger partial charge is 0.339 e. The number of carbonyl (C=O) groups is 2. The molecule has 7 nitrogen and oxygen atoms in total. The maximum absolute atomic E-state index is 12.3. The van der Waals surface area contributed by atoms with E-state index in [1.807, 2.05) is 6.07 Å². The molecule has 0 atom stereocenters. The molecule has 32 heavy (non-hydrogen) atoms. The average molecular weight is 797 g/mol. The number of hydrogen-bond donors (Lipinski definition) is 0. The van der Waals surface area contributed by atoms with E-state index in [0.717, 1.165) is 10.7 Å². The van der Waals surface area contributed by atoms with Crippen molar-refractivity contribution in [2.75, 3.05) is 6.61 Å². The van der Waals surface area contributed by atoms with Gasteiger partial charge in [0.15, 0.2) is 0 Å². The second-order valence-electron chi connectivity index (χ2n) is 7.23. The number of halogens is 3. The third-order valence-electron chi connectivity index (χ3n) is 4.39. The van der Waals surface area contributed by atoms with E-state index in [0.29, 0.717) is 16.7 Å². The van der Waals surface area contributed by atoms with Gasteiger partial charge < -0.3 is 14.0 Å². The summed E-state index contributed by atoms with van der Waals surface area (Å²) in [5.74, 6) is -1.05. The first-order chi connectivity index (χ1) is 14.8. The van der Waals surface area contributed by atoms with Crippen molar-refractivity contribution in [1.29, 1.82) is 0 Å². The summed E-state index contributed by atoms with van der Waals surface area (Å²) >= 11 is 6.38. The van der Waals surface area contributed by atoms with Gasteiger partial charge in [-0.1, -0.05) is 13.8 Å². The molecule has 2 aromatic carbocycles. The van der Waals surface area contributed by atoms with Gasteiger partial charge in [0.2, 0.25) is 0 Å². The van der Waals surface area contributed by atoms with Gasteiger partial charge >= 0.3 is 11.9 Å². The van der Waals surface area contributed by atoms with E-state index in [1.165, 1.54) is 12.1 Å². The van der Waals surface area contributed by atoms with Crippen molar-refractivity contribution in [1.82, 2.24) is 0 Å². The first kappa shape index (κ1) is 27.7. The monoisotopic (exact) mass is 797 g/mol. The number of carbonyl (C=O) groups excluding carboxylic acids is 2. The number of aryl methyl sites for hydroxylation is 1. The van der Waals surface area contributed by atoms with Crippen LogP contribution in [0.1, 0.15) is 54.1 Å². The molecule has 0 heterocycles. The molecule has 0 aromatic heterocycles. The number of ether oxygens (including phenoxy) is 2. The number of benzene rings is 2.